The highest BCUT2D eigenvalue weighted by Crippen LogP contribution is 2.31. The lowest BCUT2D eigenvalue weighted by Gasteiger charge is -2.12. The van der Waals surface area contributed by atoms with Crippen molar-refractivity contribution >= 4 is 17.8 Å². The van der Waals surface area contributed by atoms with Gasteiger partial charge in [0, 0.05) is 26.4 Å². The van der Waals surface area contributed by atoms with Gasteiger partial charge in [-0.3, -0.25) is 14.9 Å². The molecule has 0 atom stereocenters. The van der Waals surface area contributed by atoms with E-state index >= 15 is 0 Å². The average Bonchev–Trinajstić information content (AvgIpc) is 2.27. The molecule has 0 bridgehead atoms. The van der Waals surface area contributed by atoms with Crippen molar-refractivity contribution in [2.75, 3.05) is 14.1 Å². The lowest BCUT2D eigenvalue weighted by molar-refractivity contribution is -0.385. The summed E-state index contributed by atoms with van der Waals surface area (Å²) in [7, 11) is 2.93. The van der Waals surface area contributed by atoms with Gasteiger partial charge in [0.1, 0.15) is 0 Å². The minimum Gasteiger partial charge on any atom is -0.502 e. The molecule has 0 aromatic heterocycles. The number of nitrogens with one attached hydrogen (secondary N) is 1. The van der Waals surface area contributed by atoms with Gasteiger partial charge in [0.15, 0.2) is 0 Å². The highest BCUT2D eigenvalue weighted by molar-refractivity contribution is 5.99. The molecule has 0 saturated heterocycles. The number of amides is 1. The number of nitrogens with zero attached hydrogens (tertiary/aromatic N) is 2. The van der Waals surface area contributed by atoms with Gasteiger partial charge in [-0.1, -0.05) is 0 Å². The van der Waals surface area contributed by atoms with Crippen LogP contribution in [0.4, 0.5) is 5.69 Å². The first-order chi connectivity index (χ1) is 7.88. The Bertz CT molecular complexity index is 497. The van der Waals surface area contributed by atoms with Gasteiger partial charge < -0.3 is 15.4 Å². The molecule has 7 nitrogen and oxygen atoms in total. The minimum absolute atomic E-state index is 0.180. The van der Waals surface area contributed by atoms with E-state index in [4.69, 9.17) is 5.41 Å². The number of hydrogen-bond acceptors (Lipinski definition) is 5. The van der Waals surface area contributed by atoms with Crippen molar-refractivity contribution in [1.82, 2.24) is 4.90 Å². The third-order valence-corrected chi connectivity index (χ3v) is 2.11. The Labute approximate surface area is 96.9 Å². The molecule has 1 aromatic carbocycles. The van der Waals surface area contributed by atoms with E-state index in [1.165, 1.54) is 25.1 Å². The summed E-state index contributed by atoms with van der Waals surface area (Å²) in [6.07, 6.45) is 0.874. The van der Waals surface area contributed by atoms with Gasteiger partial charge in [0.2, 0.25) is 5.75 Å². The molecule has 7 heteroatoms. The highest BCUT2D eigenvalue weighted by atomic mass is 16.6. The second-order valence-corrected chi connectivity index (χ2v) is 3.54. The Morgan fingerprint density at radius 3 is 2.53 bits per heavy atom. The average molecular weight is 237 g/mol. The molecular formula is C10H11N3O4. The molecule has 0 aliphatic carbocycles. The van der Waals surface area contributed by atoms with Crippen molar-refractivity contribution in [3.05, 3.63) is 33.4 Å². The fraction of sp³-hybridized carbons (Fsp3) is 0.200. The van der Waals surface area contributed by atoms with E-state index < -0.39 is 22.3 Å². The first-order valence-corrected chi connectivity index (χ1v) is 4.62. The van der Waals surface area contributed by atoms with Crippen molar-refractivity contribution in [2.45, 2.75) is 0 Å². The summed E-state index contributed by atoms with van der Waals surface area (Å²) in [6.45, 7) is 0. The van der Waals surface area contributed by atoms with Crippen molar-refractivity contribution < 1.29 is 14.8 Å². The van der Waals surface area contributed by atoms with Crippen LogP contribution in [0, 0.1) is 15.5 Å². The molecule has 0 spiro atoms. The fourth-order valence-corrected chi connectivity index (χ4v) is 1.27. The molecule has 0 aliphatic rings. The number of rotatable bonds is 3. The van der Waals surface area contributed by atoms with Crippen molar-refractivity contribution in [2.24, 2.45) is 0 Å². The minimum atomic E-state index is -0.797. The number of phenols is 1. The Morgan fingerprint density at radius 2 is 2.12 bits per heavy atom. The van der Waals surface area contributed by atoms with Crippen LogP contribution in [0.2, 0.25) is 0 Å². The number of nitro groups is 1. The summed E-state index contributed by atoms with van der Waals surface area (Å²) in [5.74, 6) is -1.24. The van der Waals surface area contributed by atoms with Crippen LogP contribution in [0.3, 0.4) is 0 Å². The molecule has 1 aromatic rings. The maximum Gasteiger partial charge on any atom is 0.312 e. The van der Waals surface area contributed by atoms with Gasteiger partial charge in [-0.2, -0.15) is 0 Å². The highest BCUT2D eigenvalue weighted by Gasteiger charge is 2.23. The van der Waals surface area contributed by atoms with Crippen LogP contribution in [0.15, 0.2) is 12.1 Å². The quantitative estimate of drug-likeness (QED) is 0.464. The molecule has 0 unspecified atom stereocenters. The van der Waals surface area contributed by atoms with Gasteiger partial charge in [0.25, 0.3) is 5.91 Å². The third kappa shape index (κ3) is 2.39. The molecule has 1 rings (SSSR count). The van der Waals surface area contributed by atoms with Crippen LogP contribution < -0.4 is 0 Å². The molecule has 0 fully saturated rings. The molecule has 1 amide bonds. The molecular weight excluding hydrogens is 226 g/mol. The summed E-state index contributed by atoms with van der Waals surface area (Å²) in [5.41, 5.74) is -0.599. The standard InChI is InChI=1S/C10H11N3O4/c1-12(2)10(15)7-3-6(5-11)4-8(9(7)14)13(16)17/h3-5,11,14H,1-2H3. The van der Waals surface area contributed by atoms with Gasteiger partial charge >= 0.3 is 5.69 Å². The zero-order valence-corrected chi connectivity index (χ0v) is 9.30. The van der Waals surface area contributed by atoms with Crippen LogP contribution in [0.25, 0.3) is 0 Å². The maximum absolute atomic E-state index is 11.7. The van der Waals surface area contributed by atoms with Crippen LogP contribution in [0.1, 0.15) is 15.9 Å². The smallest absolute Gasteiger partial charge is 0.312 e. The normalized spacial score (nSPS) is 9.76. The molecule has 0 radical (unpaired) electrons. The van der Waals surface area contributed by atoms with Crippen LogP contribution in [-0.2, 0) is 0 Å². The molecule has 0 aliphatic heterocycles. The predicted molar refractivity (Wildman–Crippen MR) is 60.7 cm³/mol. The van der Waals surface area contributed by atoms with Crippen LogP contribution in [-0.4, -0.2) is 41.1 Å². The fourth-order valence-electron chi connectivity index (χ4n) is 1.27. The zero-order chi connectivity index (χ0) is 13.2. The van der Waals surface area contributed by atoms with E-state index in [0.717, 1.165) is 12.3 Å². The Kier molecular flexibility index (Phi) is 3.42. The van der Waals surface area contributed by atoms with Crippen molar-refractivity contribution in [3.8, 4) is 5.75 Å². The topological polar surface area (TPSA) is 108 Å². The Balaban J connectivity index is 3.49. The van der Waals surface area contributed by atoms with Crippen molar-refractivity contribution in [3.63, 3.8) is 0 Å². The summed E-state index contributed by atoms with van der Waals surface area (Å²) in [6, 6.07) is 2.27. The maximum atomic E-state index is 11.7. The first-order valence-electron chi connectivity index (χ1n) is 4.62. The van der Waals surface area contributed by atoms with Gasteiger partial charge in [-0.15, -0.1) is 0 Å². The number of aromatic hydroxyl groups is 1. The largest absolute Gasteiger partial charge is 0.502 e. The second-order valence-electron chi connectivity index (χ2n) is 3.54. The number of phenolic OH excluding ortho intramolecular Hbond substituents is 1. The summed E-state index contributed by atoms with van der Waals surface area (Å²) >= 11 is 0. The molecule has 17 heavy (non-hydrogen) atoms. The molecule has 0 heterocycles. The second kappa shape index (κ2) is 4.60. The monoisotopic (exact) mass is 237 g/mol. The molecule has 2 N–H and O–H groups in total. The number of benzene rings is 1. The molecule has 90 valence electrons. The van der Waals surface area contributed by atoms with Gasteiger partial charge in [-0.05, 0) is 11.6 Å². The summed E-state index contributed by atoms with van der Waals surface area (Å²) < 4.78 is 0. The summed E-state index contributed by atoms with van der Waals surface area (Å²) in [4.78, 5) is 22.7. The number of nitro benzene ring substituents is 1. The summed E-state index contributed by atoms with van der Waals surface area (Å²) in [5, 5.41) is 27.4. The van der Waals surface area contributed by atoms with Crippen LogP contribution in [0.5, 0.6) is 5.75 Å². The van der Waals surface area contributed by atoms with E-state index in [0.29, 0.717) is 0 Å². The van der Waals surface area contributed by atoms with Crippen LogP contribution >= 0.6 is 0 Å². The van der Waals surface area contributed by atoms with E-state index in [1.54, 1.807) is 0 Å². The zero-order valence-electron chi connectivity index (χ0n) is 9.30. The number of hydrogen-bond donors (Lipinski definition) is 2. The van der Waals surface area contributed by atoms with Crippen molar-refractivity contribution in [1.29, 1.82) is 5.41 Å². The van der Waals surface area contributed by atoms with E-state index in [1.807, 2.05) is 0 Å². The van der Waals surface area contributed by atoms with E-state index in [-0.39, 0.29) is 11.1 Å². The number of carbonyl (C=O) groups is 1. The lowest BCUT2D eigenvalue weighted by Crippen LogP contribution is -2.22. The predicted octanol–water partition coefficient (Wildman–Crippen LogP) is 1.000. The third-order valence-electron chi connectivity index (χ3n) is 2.11. The Morgan fingerprint density at radius 1 is 1.53 bits per heavy atom. The SMILES string of the molecule is CN(C)C(=O)c1cc(C=N)cc([N+](=O)[O-])c1O. The number of carbonyl (C=O) groups excluding carboxylic acids is 1. The van der Waals surface area contributed by atoms with E-state index in [9.17, 15) is 20.0 Å². The van der Waals surface area contributed by atoms with E-state index in [2.05, 4.69) is 0 Å². The van der Waals surface area contributed by atoms with Gasteiger partial charge in [0.05, 0.1) is 10.5 Å². The Hall–Kier alpha value is -2.44. The first kappa shape index (κ1) is 12.6. The lowest BCUT2D eigenvalue weighted by atomic mass is 10.1. The van der Waals surface area contributed by atoms with Gasteiger partial charge in [-0.25, -0.2) is 0 Å². The molecule has 0 saturated carbocycles.